The quantitative estimate of drug-likeness (QED) is 0.420. The molecule has 3 fully saturated rings. The fourth-order valence-corrected chi connectivity index (χ4v) is 1.19. The summed E-state index contributed by atoms with van der Waals surface area (Å²) in [4.78, 5) is 0. The first-order valence-electron chi connectivity index (χ1n) is 2.81. The van der Waals surface area contributed by atoms with E-state index in [1.165, 1.54) is 0 Å². The van der Waals surface area contributed by atoms with E-state index in [0.717, 1.165) is 0 Å². The summed E-state index contributed by atoms with van der Waals surface area (Å²) in [6, 6.07) is 0. The van der Waals surface area contributed by atoms with Crippen LogP contribution in [-0.4, -0.2) is 5.67 Å². The second kappa shape index (κ2) is 0.535. The molecule has 0 N–H and O–H groups in total. The third-order valence-corrected chi connectivity index (χ3v) is 1.70. The van der Waals surface area contributed by atoms with Gasteiger partial charge in [-0.1, -0.05) is 0 Å². The predicted octanol–water partition coefficient (Wildman–Crippen LogP) is 1.51. The lowest BCUT2D eigenvalue weighted by atomic mass is 9.54. The van der Waals surface area contributed by atoms with Crippen LogP contribution in [0.5, 0.6) is 0 Å². The molecule has 0 nitrogen and oxygen atoms in total. The van der Waals surface area contributed by atoms with Gasteiger partial charge in [-0.3, -0.25) is 0 Å². The predicted molar refractivity (Wildman–Crippen MR) is 21.2 cm³/mol. The van der Waals surface area contributed by atoms with Crippen LogP contribution in [-0.2, 0) is 0 Å². The fourth-order valence-electron chi connectivity index (χ4n) is 1.19. The third-order valence-electron chi connectivity index (χ3n) is 1.70. The first-order valence-corrected chi connectivity index (χ1v) is 2.31. The molecule has 1 heteroatoms. The minimum absolute atomic E-state index is 0.297. The van der Waals surface area contributed by atoms with Crippen molar-refractivity contribution >= 4 is 0 Å². The summed E-state index contributed by atoms with van der Waals surface area (Å²) in [5, 5.41) is 0. The van der Waals surface area contributed by atoms with Crippen molar-refractivity contribution in [3.8, 4) is 0 Å². The van der Waals surface area contributed by atoms with Crippen molar-refractivity contribution in [2.75, 3.05) is 0 Å². The summed E-state index contributed by atoms with van der Waals surface area (Å²) in [5.41, 5.74) is -0.859. The van der Waals surface area contributed by atoms with Crippen LogP contribution in [0.4, 0.5) is 4.39 Å². The van der Waals surface area contributed by atoms with Gasteiger partial charge in [0.05, 0.1) is 0 Å². The maximum absolute atomic E-state index is 12.4. The van der Waals surface area contributed by atoms with Gasteiger partial charge in [0, 0.05) is 1.37 Å². The Morgan fingerprint density at radius 3 is 2.17 bits per heavy atom. The van der Waals surface area contributed by atoms with Gasteiger partial charge in [0.15, 0.2) is 0 Å². The van der Waals surface area contributed by atoms with Gasteiger partial charge >= 0.3 is 0 Å². The summed E-state index contributed by atoms with van der Waals surface area (Å²) in [7, 11) is 0. The van der Waals surface area contributed by atoms with Crippen LogP contribution < -0.4 is 0 Å². The van der Waals surface area contributed by atoms with Crippen molar-refractivity contribution < 1.29 is 5.76 Å². The largest absolute Gasteiger partial charge is 0.244 e. The molecule has 0 atom stereocenters. The minimum atomic E-state index is -0.859. The van der Waals surface area contributed by atoms with Crippen molar-refractivity contribution in [3.05, 3.63) is 0 Å². The van der Waals surface area contributed by atoms with Gasteiger partial charge in [-0.15, -0.1) is 0 Å². The van der Waals surface area contributed by atoms with E-state index in [2.05, 4.69) is 0 Å². The number of hydrogen-bond donors (Lipinski definition) is 0. The van der Waals surface area contributed by atoms with Crippen molar-refractivity contribution in [2.45, 2.75) is 24.9 Å². The van der Waals surface area contributed by atoms with Crippen LogP contribution in [0.2, 0.25) is 0 Å². The first-order chi connectivity index (χ1) is 3.12. The van der Waals surface area contributed by atoms with E-state index in [1.54, 1.807) is 0 Å². The van der Waals surface area contributed by atoms with E-state index in [9.17, 15) is 4.39 Å². The van der Waals surface area contributed by atoms with E-state index >= 15 is 0 Å². The molecule has 3 saturated carbocycles. The molecule has 0 spiro atoms. The highest BCUT2D eigenvalue weighted by molar-refractivity contribution is 5.08. The summed E-state index contributed by atoms with van der Waals surface area (Å²) >= 11 is 0. The van der Waals surface area contributed by atoms with Gasteiger partial charge in [-0.2, -0.15) is 0 Å². The Balaban J connectivity index is 2.16. The van der Waals surface area contributed by atoms with Gasteiger partial charge in [-0.05, 0) is 25.2 Å². The summed E-state index contributed by atoms with van der Waals surface area (Å²) in [6.07, 6.45) is 1.54. The lowest BCUT2D eigenvalue weighted by Crippen LogP contribution is -2.54. The summed E-state index contributed by atoms with van der Waals surface area (Å²) in [6.45, 7) is 0. The standard InChI is InChI=1S/C5H7F/c6-5-1-4(2-5)3-5/h4H,1-3H2/i4D. The smallest absolute Gasteiger partial charge is 0.111 e. The topological polar surface area (TPSA) is 0 Å². The minimum Gasteiger partial charge on any atom is -0.244 e. The Morgan fingerprint density at radius 1 is 1.67 bits per heavy atom. The highest BCUT2D eigenvalue weighted by Crippen LogP contribution is 2.59. The van der Waals surface area contributed by atoms with Gasteiger partial charge in [0.2, 0.25) is 0 Å². The number of rotatable bonds is 0. The monoisotopic (exact) mass is 87.1 g/mol. The average molecular weight is 87.1 g/mol. The van der Waals surface area contributed by atoms with Crippen LogP contribution in [0, 0.1) is 5.89 Å². The Morgan fingerprint density at radius 2 is 2.17 bits per heavy atom. The molecule has 0 saturated heterocycles. The molecular formula is C5H7F. The molecule has 2 bridgehead atoms. The molecule has 3 rings (SSSR count). The fraction of sp³-hybridized carbons (Fsp3) is 1.00. The third kappa shape index (κ3) is 0.151. The molecule has 0 aromatic rings. The van der Waals surface area contributed by atoms with Crippen LogP contribution in [0.15, 0.2) is 0 Å². The second-order valence-corrected chi connectivity index (χ2v) is 2.43. The molecule has 0 heterocycles. The summed E-state index contributed by atoms with van der Waals surface area (Å²) in [5.74, 6) is -0.297. The van der Waals surface area contributed by atoms with Crippen molar-refractivity contribution in [1.82, 2.24) is 0 Å². The van der Waals surface area contributed by atoms with Crippen LogP contribution in [0.25, 0.3) is 0 Å². The molecule has 0 radical (unpaired) electrons. The number of alkyl halides is 1. The average Bonchev–Trinajstić information content (AvgIpc) is 1.27. The van der Waals surface area contributed by atoms with Crippen LogP contribution in [0.1, 0.15) is 20.6 Å². The molecule has 0 unspecified atom stereocenters. The van der Waals surface area contributed by atoms with E-state index < -0.39 is 5.67 Å². The van der Waals surface area contributed by atoms with E-state index in [0.29, 0.717) is 19.3 Å². The zero-order valence-corrected chi connectivity index (χ0v) is 3.50. The molecule has 3 aliphatic rings. The Labute approximate surface area is 37.8 Å². The second-order valence-electron chi connectivity index (χ2n) is 2.43. The van der Waals surface area contributed by atoms with Gasteiger partial charge in [-0.25, -0.2) is 4.39 Å². The zero-order chi connectivity index (χ0) is 5.12. The van der Waals surface area contributed by atoms with Crippen LogP contribution in [0.3, 0.4) is 0 Å². The van der Waals surface area contributed by atoms with E-state index in [1.807, 2.05) is 0 Å². The van der Waals surface area contributed by atoms with E-state index in [4.69, 9.17) is 1.37 Å². The lowest BCUT2D eigenvalue weighted by Gasteiger charge is -2.55. The van der Waals surface area contributed by atoms with Crippen LogP contribution >= 0.6 is 0 Å². The zero-order valence-electron chi connectivity index (χ0n) is 4.50. The van der Waals surface area contributed by atoms with Gasteiger partial charge < -0.3 is 0 Å². The lowest BCUT2D eigenvalue weighted by molar-refractivity contribution is -0.128. The maximum atomic E-state index is 12.4. The van der Waals surface area contributed by atoms with Gasteiger partial charge in [0.1, 0.15) is 5.67 Å². The normalized spacial score (nSPS) is 77.2. The van der Waals surface area contributed by atoms with Crippen molar-refractivity contribution in [2.24, 2.45) is 5.89 Å². The van der Waals surface area contributed by atoms with Crippen molar-refractivity contribution in [3.63, 3.8) is 0 Å². The SMILES string of the molecule is [2H]C12CC(F)(C1)C2. The molecular weight excluding hydrogens is 79.1 g/mol. The molecule has 3 aliphatic carbocycles. The van der Waals surface area contributed by atoms with E-state index in [-0.39, 0.29) is 5.89 Å². The molecule has 0 aliphatic heterocycles. The highest BCUT2D eigenvalue weighted by atomic mass is 19.1. The Kier molecular flexibility index (Phi) is 0.204. The van der Waals surface area contributed by atoms with Crippen molar-refractivity contribution in [1.29, 1.82) is 0 Å². The number of hydrogen-bond acceptors (Lipinski definition) is 0. The molecule has 0 aromatic heterocycles. The Hall–Kier alpha value is -0.0700. The maximum Gasteiger partial charge on any atom is 0.111 e. The molecule has 34 valence electrons. The molecule has 0 amide bonds. The molecule has 6 heavy (non-hydrogen) atoms. The Bertz CT molecular complexity index is 89.5. The molecule has 0 aromatic carbocycles. The first kappa shape index (κ1) is 2.29. The summed E-state index contributed by atoms with van der Waals surface area (Å²) < 4.78 is 19.6. The highest BCUT2D eigenvalue weighted by Gasteiger charge is 2.57. The van der Waals surface area contributed by atoms with Gasteiger partial charge in [0.25, 0.3) is 0 Å². The number of halogens is 1.